The van der Waals surface area contributed by atoms with E-state index < -0.39 is 10.0 Å². The first-order chi connectivity index (χ1) is 8.79. The minimum atomic E-state index is -3.11. The highest BCUT2D eigenvalue weighted by Crippen LogP contribution is 2.19. The predicted molar refractivity (Wildman–Crippen MR) is 72.1 cm³/mol. The van der Waals surface area contributed by atoms with E-state index in [1.807, 2.05) is 0 Å². The summed E-state index contributed by atoms with van der Waals surface area (Å²) in [6, 6.07) is -0.0144. The third-order valence-corrected chi connectivity index (χ3v) is 3.29. The van der Waals surface area contributed by atoms with Crippen molar-refractivity contribution in [1.29, 1.82) is 0 Å². The van der Waals surface area contributed by atoms with Gasteiger partial charge in [-0.3, -0.25) is 0 Å². The van der Waals surface area contributed by atoms with Crippen LogP contribution in [0.15, 0.2) is 4.52 Å². The molecule has 0 radical (unpaired) electrons. The molecule has 0 aromatic carbocycles. The summed E-state index contributed by atoms with van der Waals surface area (Å²) in [4.78, 5) is 4.22. The maximum atomic E-state index is 10.9. The molecule has 0 bridgehead atoms. The minimum absolute atomic E-state index is 0.0144. The normalized spacial score (nSPS) is 13.9. The molecule has 1 aromatic heterocycles. The SMILES string of the molecule is Cc1noc(C(NCCCNS(C)(=O)=O)C(C)C)n1. The van der Waals surface area contributed by atoms with Crippen LogP contribution in [0.3, 0.4) is 0 Å². The maximum Gasteiger partial charge on any atom is 0.244 e. The first kappa shape index (κ1) is 16.1. The van der Waals surface area contributed by atoms with Crippen molar-refractivity contribution < 1.29 is 12.9 Å². The van der Waals surface area contributed by atoms with Crippen LogP contribution in [0, 0.1) is 12.8 Å². The summed E-state index contributed by atoms with van der Waals surface area (Å²) in [5.74, 6) is 1.49. The summed E-state index contributed by atoms with van der Waals surface area (Å²) in [5, 5.41) is 7.08. The van der Waals surface area contributed by atoms with Gasteiger partial charge in [0.05, 0.1) is 12.3 Å². The predicted octanol–water partition coefficient (Wildman–Crippen LogP) is 0.604. The molecule has 1 heterocycles. The van der Waals surface area contributed by atoms with Crippen molar-refractivity contribution in [3.8, 4) is 0 Å². The van der Waals surface area contributed by atoms with Crippen molar-refractivity contribution in [3.05, 3.63) is 11.7 Å². The van der Waals surface area contributed by atoms with Gasteiger partial charge in [-0.25, -0.2) is 13.1 Å². The highest BCUT2D eigenvalue weighted by atomic mass is 32.2. The maximum absolute atomic E-state index is 10.9. The Labute approximate surface area is 114 Å². The zero-order chi connectivity index (χ0) is 14.5. The summed E-state index contributed by atoms with van der Waals surface area (Å²) < 4.78 is 29.4. The Bertz CT molecular complexity index is 484. The molecular weight excluding hydrogens is 268 g/mol. The molecule has 2 N–H and O–H groups in total. The van der Waals surface area contributed by atoms with E-state index in [0.29, 0.717) is 37.1 Å². The number of aryl methyl sites for hydroxylation is 1. The number of sulfonamides is 1. The van der Waals surface area contributed by atoms with E-state index in [4.69, 9.17) is 4.52 Å². The lowest BCUT2D eigenvalue weighted by Gasteiger charge is -2.18. The van der Waals surface area contributed by atoms with Gasteiger partial charge in [0.15, 0.2) is 5.82 Å². The molecule has 1 atom stereocenters. The van der Waals surface area contributed by atoms with Crippen LogP contribution in [0.1, 0.15) is 38.0 Å². The van der Waals surface area contributed by atoms with E-state index in [0.717, 1.165) is 6.26 Å². The number of hydrogen-bond donors (Lipinski definition) is 2. The molecule has 0 amide bonds. The van der Waals surface area contributed by atoms with Gasteiger partial charge in [0.2, 0.25) is 15.9 Å². The van der Waals surface area contributed by atoms with Crippen molar-refractivity contribution in [2.45, 2.75) is 33.2 Å². The molecule has 0 spiro atoms. The highest BCUT2D eigenvalue weighted by Gasteiger charge is 2.20. The van der Waals surface area contributed by atoms with Crippen LogP contribution in [-0.2, 0) is 10.0 Å². The summed E-state index contributed by atoms with van der Waals surface area (Å²) >= 11 is 0. The molecule has 110 valence electrons. The Morgan fingerprint density at radius 2 is 2.00 bits per heavy atom. The summed E-state index contributed by atoms with van der Waals surface area (Å²) in [5.41, 5.74) is 0. The molecule has 0 saturated carbocycles. The van der Waals surface area contributed by atoms with Gasteiger partial charge < -0.3 is 9.84 Å². The molecule has 0 aliphatic carbocycles. The first-order valence-electron chi connectivity index (χ1n) is 6.28. The van der Waals surface area contributed by atoms with Crippen LogP contribution in [0.2, 0.25) is 0 Å². The fraction of sp³-hybridized carbons (Fsp3) is 0.818. The number of nitrogens with one attached hydrogen (secondary N) is 2. The molecule has 7 nitrogen and oxygen atoms in total. The zero-order valence-electron chi connectivity index (χ0n) is 11.8. The van der Waals surface area contributed by atoms with Gasteiger partial charge in [0, 0.05) is 6.54 Å². The number of nitrogens with zero attached hydrogens (tertiary/aromatic N) is 2. The molecule has 1 unspecified atom stereocenters. The first-order valence-corrected chi connectivity index (χ1v) is 8.17. The van der Waals surface area contributed by atoms with E-state index in [9.17, 15) is 8.42 Å². The average molecular weight is 290 g/mol. The second kappa shape index (κ2) is 6.97. The van der Waals surface area contributed by atoms with Crippen molar-refractivity contribution in [1.82, 2.24) is 20.2 Å². The number of hydrogen-bond acceptors (Lipinski definition) is 6. The summed E-state index contributed by atoms with van der Waals surface area (Å²) in [6.45, 7) is 6.99. The summed E-state index contributed by atoms with van der Waals surface area (Å²) in [6.07, 6.45) is 1.85. The average Bonchev–Trinajstić information content (AvgIpc) is 2.67. The Balaban J connectivity index is 2.39. The van der Waals surface area contributed by atoms with E-state index in [1.54, 1.807) is 6.92 Å². The molecule has 19 heavy (non-hydrogen) atoms. The lowest BCUT2D eigenvalue weighted by atomic mass is 10.0. The lowest BCUT2D eigenvalue weighted by Crippen LogP contribution is -2.30. The largest absolute Gasteiger partial charge is 0.338 e. The molecule has 8 heteroatoms. The minimum Gasteiger partial charge on any atom is -0.338 e. The second-order valence-electron chi connectivity index (χ2n) is 4.88. The molecular formula is C11H22N4O3S. The Morgan fingerprint density at radius 1 is 1.32 bits per heavy atom. The van der Waals surface area contributed by atoms with Crippen LogP contribution >= 0.6 is 0 Å². The second-order valence-corrected chi connectivity index (χ2v) is 6.71. The Kier molecular flexibility index (Phi) is 5.89. The number of rotatable bonds is 8. The van der Waals surface area contributed by atoms with Crippen molar-refractivity contribution in [3.63, 3.8) is 0 Å². The van der Waals surface area contributed by atoms with Gasteiger partial charge in [0.1, 0.15) is 0 Å². The highest BCUT2D eigenvalue weighted by molar-refractivity contribution is 7.88. The van der Waals surface area contributed by atoms with Crippen LogP contribution in [-0.4, -0.2) is 37.9 Å². The van der Waals surface area contributed by atoms with E-state index in [-0.39, 0.29) is 6.04 Å². The van der Waals surface area contributed by atoms with Crippen LogP contribution in [0.4, 0.5) is 0 Å². The van der Waals surface area contributed by atoms with Gasteiger partial charge >= 0.3 is 0 Å². The third-order valence-electron chi connectivity index (χ3n) is 2.56. The van der Waals surface area contributed by atoms with Crippen molar-refractivity contribution in [2.24, 2.45) is 5.92 Å². The van der Waals surface area contributed by atoms with Gasteiger partial charge in [-0.2, -0.15) is 4.98 Å². The fourth-order valence-electron chi connectivity index (χ4n) is 1.65. The Morgan fingerprint density at radius 3 is 2.47 bits per heavy atom. The molecule has 0 fully saturated rings. The molecule has 0 aliphatic heterocycles. The van der Waals surface area contributed by atoms with Gasteiger partial charge in [0.25, 0.3) is 0 Å². The summed E-state index contributed by atoms with van der Waals surface area (Å²) in [7, 11) is -3.11. The third kappa shape index (κ3) is 6.13. The van der Waals surface area contributed by atoms with Gasteiger partial charge in [-0.05, 0) is 25.8 Å². The van der Waals surface area contributed by atoms with Crippen LogP contribution < -0.4 is 10.0 Å². The molecule has 1 rings (SSSR count). The number of aromatic nitrogens is 2. The fourth-order valence-corrected chi connectivity index (χ4v) is 2.17. The zero-order valence-corrected chi connectivity index (χ0v) is 12.6. The van der Waals surface area contributed by atoms with Gasteiger partial charge in [-0.15, -0.1) is 0 Å². The van der Waals surface area contributed by atoms with E-state index in [2.05, 4.69) is 34.0 Å². The molecule has 0 aliphatic rings. The molecule has 0 saturated heterocycles. The monoisotopic (exact) mass is 290 g/mol. The van der Waals surface area contributed by atoms with E-state index >= 15 is 0 Å². The molecule has 1 aromatic rings. The smallest absolute Gasteiger partial charge is 0.244 e. The van der Waals surface area contributed by atoms with Gasteiger partial charge in [-0.1, -0.05) is 19.0 Å². The lowest BCUT2D eigenvalue weighted by molar-refractivity contribution is 0.288. The van der Waals surface area contributed by atoms with Crippen LogP contribution in [0.25, 0.3) is 0 Å². The van der Waals surface area contributed by atoms with Crippen LogP contribution in [0.5, 0.6) is 0 Å². The topological polar surface area (TPSA) is 97.1 Å². The van der Waals surface area contributed by atoms with Crippen molar-refractivity contribution >= 4 is 10.0 Å². The van der Waals surface area contributed by atoms with E-state index in [1.165, 1.54) is 0 Å². The van der Waals surface area contributed by atoms with Crippen molar-refractivity contribution in [2.75, 3.05) is 19.3 Å². The quantitative estimate of drug-likeness (QED) is 0.681. The standard InChI is InChI=1S/C11H22N4O3S/c1-8(2)10(11-14-9(3)15-18-11)12-6-5-7-13-19(4,16)17/h8,10,12-13H,5-7H2,1-4H3. The Hall–Kier alpha value is -0.990.